The molecule has 2 atom stereocenters. The van der Waals surface area contributed by atoms with Crippen LogP contribution in [0.15, 0.2) is 53.9 Å². The first kappa shape index (κ1) is 27.3. The van der Waals surface area contributed by atoms with Gasteiger partial charge in [-0.2, -0.15) is 0 Å². The molecule has 1 aliphatic rings. The van der Waals surface area contributed by atoms with Crippen LogP contribution >= 0.6 is 34.5 Å². The maximum absolute atomic E-state index is 13.7. The normalized spacial score (nSPS) is 15.6. The third-order valence-corrected chi connectivity index (χ3v) is 8.37. The quantitative estimate of drug-likeness (QED) is 0.317. The zero-order chi connectivity index (χ0) is 26.5. The minimum absolute atomic E-state index is 0.0303. The number of halogens is 2. The van der Waals surface area contributed by atoms with Gasteiger partial charge in [-0.3, -0.25) is 4.79 Å². The monoisotopic (exact) mass is 559 g/mol. The number of fused-ring (bicyclic) bond motifs is 1. The van der Waals surface area contributed by atoms with Gasteiger partial charge >= 0.3 is 6.03 Å². The second-order valence-corrected chi connectivity index (χ2v) is 11.0. The molecule has 37 heavy (non-hydrogen) atoms. The summed E-state index contributed by atoms with van der Waals surface area (Å²) in [6, 6.07) is 13.9. The standard InChI is InChI=1S/C28H31Cl2N3O3S/c1-4-19(3)33(28(35)31-21-7-5-6-20(29)15-21)16-27(34)32-12-10-26-23(11-13-37-26)25(32)17-36-22-8-9-24(30)18(2)14-22/h5-9,11,13-15,19,25H,4,10,12,16-17H2,1-3H3,(H,31,35)/t19-,25-/m1/s1. The number of ether oxygens (including phenoxy) is 1. The summed E-state index contributed by atoms with van der Waals surface area (Å²) in [6.07, 6.45) is 1.50. The van der Waals surface area contributed by atoms with Gasteiger partial charge in [0.2, 0.25) is 5.91 Å². The lowest BCUT2D eigenvalue weighted by molar-refractivity contribution is -0.135. The summed E-state index contributed by atoms with van der Waals surface area (Å²) in [6.45, 7) is 6.73. The number of nitrogens with one attached hydrogen (secondary N) is 1. The predicted octanol–water partition coefficient (Wildman–Crippen LogP) is 7.20. The van der Waals surface area contributed by atoms with Crippen LogP contribution in [0.4, 0.5) is 10.5 Å². The van der Waals surface area contributed by atoms with Crippen molar-refractivity contribution in [1.29, 1.82) is 0 Å². The summed E-state index contributed by atoms with van der Waals surface area (Å²) < 4.78 is 6.15. The van der Waals surface area contributed by atoms with E-state index in [4.69, 9.17) is 27.9 Å². The first-order valence-electron chi connectivity index (χ1n) is 12.3. The number of carbonyl (C=O) groups is 2. The fourth-order valence-electron chi connectivity index (χ4n) is 4.40. The topological polar surface area (TPSA) is 61.9 Å². The van der Waals surface area contributed by atoms with Gasteiger partial charge in [-0.1, -0.05) is 36.2 Å². The first-order chi connectivity index (χ1) is 17.8. The number of hydrogen-bond acceptors (Lipinski definition) is 4. The molecule has 0 unspecified atom stereocenters. The molecule has 4 rings (SSSR count). The fourth-order valence-corrected chi connectivity index (χ4v) is 5.64. The van der Waals surface area contributed by atoms with Gasteiger partial charge in [-0.25, -0.2) is 4.79 Å². The summed E-state index contributed by atoms with van der Waals surface area (Å²) in [5.41, 5.74) is 2.62. The predicted molar refractivity (Wildman–Crippen MR) is 151 cm³/mol. The molecule has 1 aliphatic heterocycles. The van der Waals surface area contributed by atoms with Crippen LogP contribution in [0.25, 0.3) is 0 Å². The number of anilines is 1. The Kier molecular flexibility index (Phi) is 9.00. The molecule has 2 aromatic carbocycles. The van der Waals surface area contributed by atoms with Crippen LogP contribution in [-0.4, -0.2) is 47.5 Å². The molecule has 0 saturated carbocycles. The van der Waals surface area contributed by atoms with E-state index < -0.39 is 0 Å². The van der Waals surface area contributed by atoms with Gasteiger partial charge in [0.15, 0.2) is 0 Å². The van der Waals surface area contributed by atoms with Crippen LogP contribution in [0.2, 0.25) is 10.0 Å². The van der Waals surface area contributed by atoms with Crippen molar-refractivity contribution < 1.29 is 14.3 Å². The largest absolute Gasteiger partial charge is 0.491 e. The number of aryl methyl sites for hydroxylation is 1. The zero-order valence-corrected chi connectivity index (χ0v) is 23.5. The van der Waals surface area contributed by atoms with Gasteiger partial charge in [-0.05, 0) is 85.7 Å². The number of amides is 3. The van der Waals surface area contributed by atoms with Gasteiger partial charge in [0.05, 0.1) is 6.04 Å². The number of urea groups is 1. The Labute approximate surface area is 232 Å². The molecule has 0 spiro atoms. The van der Waals surface area contributed by atoms with Crippen LogP contribution < -0.4 is 10.1 Å². The van der Waals surface area contributed by atoms with Crippen LogP contribution in [0.1, 0.15) is 42.3 Å². The maximum Gasteiger partial charge on any atom is 0.322 e. The van der Waals surface area contributed by atoms with Crippen molar-refractivity contribution in [2.75, 3.05) is 25.0 Å². The van der Waals surface area contributed by atoms with Crippen molar-refractivity contribution in [3.63, 3.8) is 0 Å². The fraction of sp³-hybridized carbons (Fsp3) is 0.357. The number of thiophene rings is 1. The van der Waals surface area contributed by atoms with Gasteiger partial charge in [0, 0.05) is 33.2 Å². The van der Waals surface area contributed by atoms with E-state index in [2.05, 4.69) is 16.8 Å². The van der Waals surface area contributed by atoms with Crippen LogP contribution in [0.3, 0.4) is 0 Å². The molecule has 2 heterocycles. The molecular weight excluding hydrogens is 529 g/mol. The number of carbonyl (C=O) groups excluding carboxylic acids is 2. The molecule has 3 aromatic rings. The van der Waals surface area contributed by atoms with Crippen molar-refractivity contribution in [2.45, 2.75) is 45.7 Å². The lowest BCUT2D eigenvalue weighted by Gasteiger charge is -2.38. The number of hydrogen-bond donors (Lipinski definition) is 1. The first-order valence-corrected chi connectivity index (χ1v) is 14.0. The Morgan fingerprint density at radius 1 is 1.22 bits per heavy atom. The highest BCUT2D eigenvalue weighted by molar-refractivity contribution is 7.10. The molecule has 0 saturated heterocycles. The average molecular weight is 561 g/mol. The van der Waals surface area contributed by atoms with E-state index in [1.165, 1.54) is 4.88 Å². The Hall–Kier alpha value is -2.74. The Bertz CT molecular complexity index is 1260. The third kappa shape index (κ3) is 6.58. The van der Waals surface area contributed by atoms with Gasteiger partial charge in [0.1, 0.15) is 18.9 Å². The molecule has 3 amide bonds. The van der Waals surface area contributed by atoms with Crippen molar-refractivity contribution >= 4 is 52.2 Å². The second-order valence-electron chi connectivity index (χ2n) is 9.20. The van der Waals surface area contributed by atoms with Crippen LogP contribution in [0.5, 0.6) is 5.75 Å². The van der Waals surface area contributed by atoms with Gasteiger partial charge < -0.3 is 19.9 Å². The lowest BCUT2D eigenvalue weighted by atomic mass is 10.00. The van der Waals surface area contributed by atoms with Crippen molar-refractivity contribution in [3.05, 3.63) is 80.0 Å². The van der Waals surface area contributed by atoms with Gasteiger partial charge in [-0.15, -0.1) is 11.3 Å². The van der Waals surface area contributed by atoms with E-state index in [0.717, 1.165) is 17.5 Å². The summed E-state index contributed by atoms with van der Waals surface area (Å²) >= 11 is 13.9. The van der Waals surface area contributed by atoms with Crippen molar-refractivity contribution in [3.8, 4) is 5.75 Å². The highest BCUT2D eigenvalue weighted by Crippen LogP contribution is 2.34. The smallest absolute Gasteiger partial charge is 0.322 e. The molecule has 0 aliphatic carbocycles. The lowest BCUT2D eigenvalue weighted by Crippen LogP contribution is -2.50. The maximum atomic E-state index is 13.7. The summed E-state index contributed by atoms with van der Waals surface area (Å²) in [7, 11) is 0. The average Bonchev–Trinajstić information content (AvgIpc) is 3.36. The number of benzene rings is 2. The molecule has 0 fully saturated rings. The number of rotatable bonds is 8. The molecule has 9 heteroatoms. The summed E-state index contributed by atoms with van der Waals surface area (Å²) in [5.74, 6) is 0.595. The summed E-state index contributed by atoms with van der Waals surface area (Å²) in [4.78, 5) is 31.6. The number of nitrogens with zero attached hydrogens (tertiary/aromatic N) is 2. The Morgan fingerprint density at radius 2 is 2.03 bits per heavy atom. The van der Waals surface area contributed by atoms with Crippen LogP contribution in [-0.2, 0) is 11.2 Å². The highest BCUT2D eigenvalue weighted by Gasteiger charge is 2.34. The zero-order valence-electron chi connectivity index (χ0n) is 21.2. The Balaban J connectivity index is 1.51. The Morgan fingerprint density at radius 3 is 2.76 bits per heavy atom. The van der Waals surface area contributed by atoms with E-state index in [-0.39, 0.29) is 30.6 Å². The second kappa shape index (κ2) is 12.2. The van der Waals surface area contributed by atoms with E-state index in [9.17, 15) is 9.59 Å². The molecule has 1 aromatic heterocycles. The highest BCUT2D eigenvalue weighted by atomic mass is 35.5. The minimum atomic E-state index is -0.331. The van der Waals surface area contributed by atoms with Crippen LogP contribution in [0, 0.1) is 6.92 Å². The molecule has 1 N–H and O–H groups in total. The molecule has 0 bridgehead atoms. The third-order valence-electron chi connectivity index (χ3n) is 6.72. The molecule has 6 nitrogen and oxygen atoms in total. The van der Waals surface area contributed by atoms with E-state index in [1.807, 2.05) is 43.9 Å². The SMILES string of the molecule is CC[C@@H](C)N(CC(=O)N1CCc2sccc2[C@H]1COc1ccc(Cl)c(C)c1)C(=O)Nc1cccc(Cl)c1. The molecular formula is C28H31Cl2N3O3S. The van der Waals surface area contributed by atoms with Gasteiger partial charge in [0.25, 0.3) is 0 Å². The summed E-state index contributed by atoms with van der Waals surface area (Å²) in [5, 5.41) is 6.15. The van der Waals surface area contributed by atoms with E-state index in [1.54, 1.807) is 40.5 Å². The molecule has 196 valence electrons. The van der Waals surface area contributed by atoms with E-state index >= 15 is 0 Å². The van der Waals surface area contributed by atoms with Crippen molar-refractivity contribution in [2.24, 2.45) is 0 Å². The van der Waals surface area contributed by atoms with E-state index in [0.29, 0.717) is 41.1 Å². The minimum Gasteiger partial charge on any atom is -0.491 e. The van der Waals surface area contributed by atoms with Crippen molar-refractivity contribution in [1.82, 2.24) is 9.80 Å². The molecule has 0 radical (unpaired) electrons.